The lowest BCUT2D eigenvalue weighted by atomic mass is 10.1. The predicted octanol–water partition coefficient (Wildman–Crippen LogP) is 3.86. The van der Waals surface area contributed by atoms with Gasteiger partial charge in [0.2, 0.25) is 5.16 Å². The summed E-state index contributed by atoms with van der Waals surface area (Å²) in [5, 5.41) is 7.56. The SMILES string of the molecule is CC(Sc1n[nH]c(-c2cccnc2)n1)c1ccccc1F. The summed E-state index contributed by atoms with van der Waals surface area (Å²) in [5.41, 5.74) is 1.52. The molecule has 0 saturated carbocycles. The molecule has 106 valence electrons. The molecule has 2 aromatic heterocycles. The van der Waals surface area contributed by atoms with Crippen LogP contribution in [0.25, 0.3) is 11.4 Å². The van der Waals surface area contributed by atoms with Crippen molar-refractivity contribution in [3.63, 3.8) is 0 Å². The summed E-state index contributed by atoms with van der Waals surface area (Å²) in [5.74, 6) is 0.451. The van der Waals surface area contributed by atoms with Gasteiger partial charge in [-0.3, -0.25) is 10.1 Å². The summed E-state index contributed by atoms with van der Waals surface area (Å²) >= 11 is 1.41. The highest BCUT2D eigenvalue weighted by atomic mass is 32.2. The summed E-state index contributed by atoms with van der Waals surface area (Å²) in [6, 6.07) is 10.5. The van der Waals surface area contributed by atoms with E-state index in [1.807, 2.05) is 25.1 Å². The van der Waals surface area contributed by atoms with Gasteiger partial charge >= 0.3 is 0 Å². The van der Waals surface area contributed by atoms with Crippen LogP contribution < -0.4 is 0 Å². The smallest absolute Gasteiger partial charge is 0.209 e. The molecule has 0 fully saturated rings. The van der Waals surface area contributed by atoms with Gasteiger partial charge < -0.3 is 0 Å². The quantitative estimate of drug-likeness (QED) is 0.743. The van der Waals surface area contributed by atoms with Crippen LogP contribution in [0, 0.1) is 5.82 Å². The topological polar surface area (TPSA) is 54.5 Å². The Balaban J connectivity index is 1.77. The Hall–Kier alpha value is -2.21. The summed E-state index contributed by atoms with van der Waals surface area (Å²) in [6.45, 7) is 1.93. The van der Waals surface area contributed by atoms with Gasteiger partial charge in [-0.2, -0.15) is 0 Å². The number of H-pyrrole nitrogens is 1. The molecule has 1 aromatic carbocycles. The zero-order valence-electron chi connectivity index (χ0n) is 11.3. The van der Waals surface area contributed by atoms with Crippen molar-refractivity contribution in [2.75, 3.05) is 0 Å². The normalized spacial score (nSPS) is 12.3. The van der Waals surface area contributed by atoms with Gasteiger partial charge in [0.1, 0.15) is 5.82 Å². The predicted molar refractivity (Wildman–Crippen MR) is 80.3 cm³/mol. The lowest BCUT2D eigenvalue weighted by Crippen LogP contribution is -1.93. The number of aromatic amines is 1. The van der Waals surface area contributed by atoms with Crippen molar-refractivity contribution in [1.29, 1.82) is 0 Å². The van der Waals surface area contributed by atoms with Crippen molar-refractivity contribution < 1.29 is 4.39 Å². The third-order valence-electron chi connectivity index (χ3n) is 3.03. The second kappa shape index (κ2) is 6.05. The van der Waals surface area contributed by atoms with Gasteiger partial charge in [-0.15, -0.1) is 5.10 Å². The van der Waals surface area contributed by atoms with Gasteiger partial charge in [-0.05, 0) is 25.1 Å². The highest BCUT2D eigenvalue weighted by Crippen LogP contribution is 2.34. The second-order valence-electron chi connectivity index (χ2n) is 4.49. The molecule has 21 heavy (non-hydrogen) atoms. The van der Waals surface area contributed by atoms with E-state index in [1.165, 1.54) is 17.8 Å². The fraction of sp³-hybridized carbons (Fsp3) is 0.133. The summed E-state index contributed by atoms with van der Waals surface area (Å²) in [7, 11) is 0. The number of nitrogens with zero attached hydrogens (tertiary/aromatic N) is 3. The van der Waals surface area contributed by atoms with Crippen LogP contribution in [0.15, 0.2) is 53.9 Å². The lowest BCUT2D eigenvalue weighted by molar-refractivity contribution is 0.611. The van der Waals surface area contributed by atoms with E-state index in [0.29, 0.717) is 16.5 Å². The minimum Gasteiger partial charge on any atom is -0.264 e. The van der Waals surface area contributed by atoms with Gasteiger partial charge in [0.15, 0.2) is 5.82 Å². The van der Waals surface area contributed by atoms with Crippen LogP contribution in [0.2, 0.25) is 0 Å². The molecule has 0 aliphatic heterocycles. The van der Waals surface area contributed by atoms with Crippen molar-refractivity contribution in [2.45, 2.75) is 17.3 Å². The van der Waals surface area contributed by atoms with Crippen LogP contribution in [0.3, 0.4) is 0 Å². The molecule has 0 spiro atoms. The molecular formula is C15H13FN4S. The minimum absolute atomic E-state index is 0.0660. The average molecular weight is 300 g/mol. The zero-order valence-corrected chi connectivity index (χ0v) is 12.1. The highest BCUT2D eigenvalue weighted by Gasteiger charge is 2.15. The molecule has 3 rings (SSSR count). The van der Waals surface area contributed by atoms with Gasteiger partial charge in [0, 0.05) is 28.8 Å². The Morgan fingerprint density at radius 2 is 2.05 bits per heavy atom. The number of benzene rings is 1. The Labute approximate surface area is 125 Å². The van der Waals surface area contributed by atoms with Gasteiger partial charge in [-0.1, -0.05) is 30.0 Å². The standard InChI is InChI=1S/C15H13FN4S/c1-10(12-6-2-3-7-13(12)16)21-15-18-14(19-20-15)11-5-4-8-17-9-11/h2-10H,1H3,(H,18,19,20). The summed E-state index contributed by atoms with van der Waals surface area (Å²) in [4.78, 5) is 8.46. The van der Waals surface area contributed by atoms with E-state index >= 15 is 0 Å². The number of hydrogen-bond donors (Lipinski definition) is 1. The molecule has 1 unspecified atom stereocenters. The van der Waals surface area contributed by atoms with E-state index in [2.05, 4.69) is 20.2 Å². The number of hydrogen-bond acceptors (Lipinski definition) is 4. The van der Waals surface area contributed by atoms with Crippen molar-refractivity contribution in [3.05, 3.63) is 60.2 Å². The Kier molecular flexibility index (Phi) is 3.96. The monoisotopic (exact) mass is 300 g/mol. The first-order chi connectivity index (χ1) is 10.2. The van der Waals surface area contributed by atoms with E-state index < -0.39 is 0 Å². The van der Waals surface area contributed by atoms with E-state index in [-0.39, 0.29) is 11.1 Å². The Morgan fingerprint density at radius 1 is 1.19 bits per heavy atom. The van der Waals surface area contributed by atoms with E-state index in [4.69, 9.17) is 0 Å². The van der Waals surface area contributed by atoms with Gasteiger partial charge in [-0.25, -0.2) is 9.37 Å². The fourth-order valence-corrected chi connectivity index (χ4v) is 2.83. The van der Waals surface area contributed by atoms with Crippen LogP contribution in [-0.4, -0.2) is 20.2 Å². The molecule has 3 aromatic rings. The number of aromatic nitrogens is 4. The molecule has 0 radical (unpaired) electrons. The van der Waals surface area contributed by atoms with E-state index in [0.717, 1.165) is 5.56 Å². The molecule has 6 heteroatoms. The zero-order chi connectivity index (χ0) is 14.7. The maximum atomic E-state index is 13.7. The molecule has 0 aliphatic rings. The van der Waals surface area contributed by atoms with Crippen LogP contribution in [-0.2, 0) is 0 Å². The molecule has 1 atom stereocenters. The number of halogens is 1. The first kappa shape index (κ1) is 13.8. The maximum Gasteiger partial charge on any atom is 0.209 e. The molecule has 1 N–H and O–H groups in total. The van der Waals surface area contributed by atoms with Crippen molar-refractivity contribution in [2.24, 2.45) is 0 Å². The number of pyridine rings is 1. The van der Waals surface area contributed by atoms with Crippen molar-refractivity contribution >= 4 is 11.8 Å². The fourth-order valence-electron chi connectivity index (χ4n) is 1.96. The number of rotatable bonds is 4. The molecular weight excluding hydrogens is 287 g/mol. The lowest BCUT2D eigenvalue weighted by Gasteiger charge is -2.09. The third kappa shape index (κ3) is 3.11. The first-order valence-corrected chi connectivity index (χ1v) is 7.36. The molecule has 0 aliphatic carbocycles. The van der Waals surface area contributed by atoms with Crippen molar-refractivity contribution in [1.82, 2.24) is 20.2 Å². The minimum atomic E-state index is -0.208. The van der Waals surface area contributed by atoms with E-state index in [9.17, 15) is 4.39 Å². The molecule has 4 nitrogen and oxygen atoms in total. The Morgan fingerprint density at radius 3 is 2.81 bits per heavy atom. The number of thioether (sulfide) groups is 1. The van der Waals surface area contributed by atoms with Gasteiger partial charge in [0.25, 0.3) is 0 Å². The Bertz CT molecular complexity index is 729. The second-order valence-corrected chi connectivity index (χ2v) is 5.80. The van der Waals surface area contributed by atoms with Crippen molar-refractivity contribution in [3.8, 4) is 11.4 Å². The summed E-state index contributed by atoms with van der Waals surface area (Å²) < 4.78 is 13.7. The van der Waals surface area contributed by atoms with E-state index in [1.54, 1.807) is 24.5 Å². The highest BCUT2D eigenvalue weighted by molar-refractivity contribution is 7.99. The average Bonchev–Trinajstić information content (AvgIpc) is 2.97. The molecule has 2 heterocycles. The molecule has 0 amide bonds. The van der Waals surface area contributed by atoms with Crippen LogP contribution >= 0.6 is 11.8 Å². The molecule has 0 saturated heterocycles. The van der Waals surface area contributed by atoms with Gasteiger partial charge in [0.05, 0.1) is 0 Å². The maximum absolute atomic E-state index is 13.7. The van der Waals surface area contributed by atoms with Crippen LogP contribution in [0.5, 0.6) is 0 Å². The third-order valence-corrected chi connectivity index (χ3v) is 4.03. The largest absolute Gasteiger partial charge is 0.264 e. The number of nitrogens with one attached hydrogen (secondary N) is 1. The van der Waals surface area contributed by atoms with Crippen LogP contribution in [0.1, 0.15) is 17.7 Å². The van der Waals surface area contributed by atoms with Crippen LogP contribution in [0.4, 0.5) is 4.39 Å². The first-order valence-electron chi connectivity index (χ1n) is 6.48. The summed E-state index contributed by atoms with van der Waals surface area (Å²) in [6.07, 6.45) is 3.42. The molecule has 0 bridgehead atoms.